The molecule has 0 unspecified atom stereocenters. The summed E-state index contributed by atoms with van der Waals surface area (Å²) < 4.78 is 27.2. The summed E-state index contributed by atoms with van der Waals surface area (Å²) in [5.41, 5.74) is 0.655. The summed E-state index contributed by atoms with van der Waals surface area (Å²) in [6, 6.07) is 6.74. The number of thiophene rings is 1. The Hall–Kier alpha value is -0.470. The maximum atomic E-state index is 12.0. The van der Waals surface area contributed by atoms with E-state index in [4.69, 9.17) is 11.6 Å². The highest BCUT2D eigenvalue weighted by Gasteiger charge is 2.18. The van der Waals surface area contributed by atoms with Crippen LogP contribution >= 0.6 is 38.9 Å². The Morgan fingerprint density at radius 3 is 2.78 bits per heavy atom. The molecule has 0 aromatic carbocycles. The van der Waals surface area contributed by atoms with Crippen molar-refractivity contribution in [2.75, 3.05) is 0 Å². The molecule has 4 nitrogen and oxygen atoms in total. The van der Waals surface area contributed by atoms with E-state index in [1.807, 2.05) is 0 Å². The molecule has 0 saturated carbocycles. The van der Waals surface area contributed by atoms with Crippen LogP contribution in [0.5, 0.6) is 0 Å². The van der Waals surface area contributed by atoms with Gasteiger partial charge >= 0.3 is 0 Å². The molecule has 18 heavy (non-hydrogen) atoms. The molecule has 0 atom stereocenters. The van der Waals surface area contributed by atoms with Crippen molar-refractivity contribution in [3.8, 4) is 0 Å². The minimum Gasteiger partial charge on any atom is -0.260 e. The summed E-state index contributed by atoms with van der Waals surface area (Å²) in [4.78, 5) is 4.04. The number of nitrogens with zero attached hydrogens (tertiary/aromatic N) is 1. The van der Waals surface area contributed by atoms with Gasteiger partial charge in [0.1, 0.15) is 4.21 Å². The van der Waals surface area contributed by atoms with Crippen LogP contribution in [0.2, 0.25) is 5.02 Å². The van der Waals surface area contributed by atoms with Gasteiger partial charge in [-0.05, 0) is 34.1 Å². The molecule has 0 aliphatic heterocycles. The molecule has 0 amide bonds. The van der Waals surface area contributed by atoms with Crippen molar-refractivity contribution in [2.45, 2.75) is 10.8 Å². The predicted octanol–water partition coefficient (Wildman–Crippen LogP) is 3.04. The Kier molecular flexibility index (Phi) is 4.39. The first-order valence-corrected chi connectivity index (χ1v) is 8.30. The van der Waals surface area contributed by atoms with Gasteiger partial charge < -0.3 is 0 Å². The number of hydrogen-bond donors (Lipinski definition) is 1. The Morgan fingerprint density at radius 1 is 1.44 bits per heavy atom. The van der Waals surface area contributed by atoms with E-state index in [1.165, 1.54) is 6.07 Å². The molecule has 0 radical (unpaired) electrons. The zero-order valence-corrected chi connectivity index (χ0v) is 12.9. The number of nitrogens with one attached hydrogen (secondary N) is 1. The number of rotatable bonds is 4. The standard InChI is InChI=1S/C10H8BrClN2O2S2/c11-10-8(12)5-9(17-10)18(15,16)14-6-7-3-1-2-4-13-7/h1-5,14H,6H2. The molecule has 2 rings (SSSR count). The molecule has 96 valence electrons. The van der Waals surface area contributed by atoms with Gasteiger partial charge in [0, 0.05) is 6.20 Å². The second kappa shape index (κ2) is 5.66. The van der Waals surface area contributed by atoms with Crippen LogP contribution in [0, 0.1) is 0 Å². The summed E-state index contributed by atoms with van der Waals surface area (Å²) in [6.45, 7) is 0.149. The van der Waals surface area contributed by atoms with E-state index in [0.29, 0.717) is 14.5 Å². The zero-order valence-electron chi connectivity index (χ0n) is 8.93. The third-order valence-corrected chi connectivity index (χ3v) is 6.41. The maximum absolute atomic E-state index is 12.0. The van der Waals surface area contributed by atoms with E-state index in [0.717, 1.165) is 11.3 Å². The van der Waals surface area contributed by atoms with Crippen molar-refractivity contribution in [1.82, 2.24) is 9.71 Å². The number of sulfonamides is 1. The highest BCUT2D eigenvalue weighted by Crippen LogP contribution is 2.34. The fraction of sp³-hybridized carbons (Fsp3) is 0.100. The van der Waals surface area contributed by atoms with Crippen LogP contribution in [0.15, 0.2) is 38.5 Å². The van der Waals surface area contributed by atoms with E-state index in [-0.39, 0.29) is 10.8 Å². The van der Waals surface area contributed by atoms with Crippen molar-refractivity contribution in [1.29, 1.82) is 0 Å². The molecular formula is C10H8BrClN2O2S2. The second-order valence-corrected chi connectivity index (χ2v) is 8.10. The van der Waals surface area contributed by atoms with Crippen molar-refractivity contribution in [3.05, 3.63) is 45.0 Å². The van der Waals surface area contributed by atoms with Crippen LogP contribution in [0.25, 0.3) is 0 Å². The van der Waals surface area contributed by atoms with Crippen molar-refractivity contribution in [2.24, 2.45) is 0 Å². The average molecular weight is 368 g/mol. The lowest BCUT2D eigenvalue weighted by Gasteiger charge is -2.03. The van der Waals surface area contributed by atoms with Crippen LogP contribution in [-0.4, -0.2) is 13.4 Å². The predicted molar refractivity (Wildman–Crippen MR) is 75.3 cm³/mol. The lowest BCUT2D eigenvalue weighted by atomic mass is 10.4. The highest BCUT2D eigenvalue weighted by molar-refractivity contribution is 9.11. The number of pyridine rings is 1. The molecule has 0 saturated heterocycles. The molecule has 2 aromatic heterocycles. The maximum Gasteiger partial charge on any atom is 0.250 e. The van der Waals surface area contributed by atoms with Crippen molar-refractivity contribution in [3.63, 3.8) is 0 Å². The van der Waals surface area contributed by atoms with Gasteiger partial charge in [-0.2, -0.15) is 0 Å². The van der Waals surface area contributed by atoms with Gasteiger partial charge in [0.15, 0.2) is 0 Å². The van der Waals surface area contributed by atoms with Crippen LogP contribution in [0.3, 0.4) is 0 Å². The minimum atomic E-state index is -3.55. The van der Waals surface area contributed by atoms with Crippen LogP contribution in [-0.2, 0) is 16.6 Å². The van der Waals surface area contributed by atoms with Gasteiger partial charge in [0.2, 0.25) is 10.0 Å². The van der Waals surface area contributed by atoms with E-state index in [1.54, 1.807) is 24.4 Å². The van der Waals surface area contributed by atoms with E-state index < -0.39 is 10.0 Å². The number of aromatic nitrogens is 1. The molecule has 0 bridgehead atoms. The molecular weight excluding hydrogens is 360 g/mol. The Labute approximate surface area is 122 Å². The first-order chi connectivity index (χ1) is 8.49. The van der Waals surface area contributed by atoms with Gasteiger partial charge in [-0.15, -0.1) is 11.3 Å². The molecule has 0 fully saturated rings. The van der Waals surface area contributed by atoms with E-state index >= 15 is 0 Å². The highest BCUT2D eigenvalue weighted by atomic mass is 79.9. The fourth-order valence-electron chi connectivity index (χ4n) is 1.20. The zero-order chi connectivity index (χ0) is 13.2. The lowest BCUT2D eigenvalue weighted by Crippen LogP contribution is -2.22. The van der Waals surface area contributed by atoms with Gasteiger partial charge in [-0.3, -0.25) is 4.98 Å². The number of halogens is 2. The van der Waals surface area contributed by atoms with E-state index in [9.17, 15) is 8.42 Å². The van der Waals surface area contributed by atoms with E-state index in [2.05, 4.69) is 25.6 Å². The summed E-state index contributed by atoms with van der Waals surface area (Å²) in [7, 11) is -3.55. The third kappa shape index (κ3) is 3.30. The monoisotopic (exact) mass is 366 g/mol. The van der Waals surface area contributed by atoms with Gasteiger partial charge in [-0.1, -0.05) is 17.7 Å². The largest absolute Gasteiger partial charge is 0.260 e. The van der Waals surface area contributed by atoms with Crippen molar-refractivity contribution >= 4 is 48.9 Å². The SMILES string of the molecule is O=S(=O)(NCc1ccccn1)c1cc(Cl)c(Br)s1. The molecule has 0 spiro atoms. The van der Waals surface area contributed by atoms with Crippen LogP contribution in [0.1, 0.15) is 5.69 Å². The summed E-state index contributed by atoms with van der Waals surface area (Å²) in [5, 5.41) is 0.387. The number of hydrogen-bond acceptors (Lipinski definition) is 4. The second-order valence-electron chi connectivity index (χ2n) is 3.33. The fourth-order valence-corrected chi connectivity index (χ4v) is 4.64. The molecule has 0 aliphatic carbocycles. The smallest absolute Gasteiger partial charge is 0.250 e. The van der Waals surface area contributed by atoms with Crippen LogP contribution < -0.4 is 4.72 Å². The van der Waals surface area contributed by atoms with Crippen LogP contribution in [0.4, 0.5) is 0 Å². The molecule has 2 aromatic rings. The summed E-state index contributed by atoms with van der Waals surface area (Å²) in [5.74, 6) is 0. The quantitative estimate of drug-likeness (QED) is 0.903. The topological polar surface area (TPSA) is 59.1 Å². The third-order valence-electron chi connectivity index (χ3n) is 2.06. The lowest BCUT2D eigenvalue weighted by molar-refractivity contribution is 0.582. The molecule has 0 aliphatic rings. The molecule has 1 N–H and O–H groups in total. The Balaban J connectivity index is 2.13. The first kappa shape index (κ1) is 14.0. The summed E-state index contributed by atoms with van der Waals surface area (Å²) in [6.07, 6.45) is 1.61. The Bertz CT molecular complexity index is 624. The normalized spacial score (nSPS) is 11.7. The van der Waals surface area contributed by atoms with Gasteiger partial charge in [0.05, 0.1) is 21.0 Å². The molecule has 8 heteroatoms. The molecule has 2 heterocycles. The van der Waals surface area contributed by atoms with Gasteiger partial charge in [0.25, 0.3) is 0 Å². The average Bonchev–Trinajstić information content (AvgIpc) is 2.70. The first-order valence-electron chi connectivity index (χ1n) is 4.83. The Morgan fingerprint density at radius 2 is 2.22 bits per heavy atom. The van der Waals surface area contributed by atoms with Gasteiger partial charge in [-0.25, -0.2) is 13.1 Å². The summed E-state index contributed by atoms with van der Waals surface area (Å²) >= 11 is 10.1. The van der Waals surface area contributed by atoms with Crippen molar-refractivity contribution < 1.29 is 8.42 Å². The minimum absolute atomic E-state index is 0.149.